The number of fused-ring (bicyclic) bond motifs is 3. The number of ether oxygens (including phenoxy) is 1. The number of carboxylic acid groups (broad SMARTS) is 1. The average molecular weight is 467 g/mol. The van der Waals surface area contributed by atoms with E-state index in [0.29, 0.717) is 12.8 Å². The molecule has 7 heteroatoms. The third-order valence-electron chi connectivity index (χ3n) is 6.55. The van der Waals surface area contributed by atoms with Crippen LogP contribution in [0.25, 0.3) is 11.1 Å². The summed E-state index contributed by atoms with van der Waals surface area (Å²) in [5.41, 5.74) is 4.52. The van der Waals surface area contributed by atoms with Gasteiger partial charge in [0.2, 0.25) is 5.91 Å². The van der Waals surface area contributed by atoms with Gasteiger partial charge in [-0.2, -0.15) is 0 Å². The van der Waals surface area contributed by atoms with Crippen molar-refractivity contribution in [3.8, 4) is 11.1 Å². The Kier molecular flexibility index (Phi) is 8.68. The highest BCUT2D eigenvalue weighted by Gasteiger charge is 2.30. The third kappa shape index (κ3) is 6.16. The minimum absolute atomic E-state index is 0.0694. The molecule has 0 aliphatic heterocycles. The first-order valence-corrected chi connectivity index (χ1v) is 12.0. The SMILES string of the molecule is CCC(C)CC(NC(=O)OCC1c2ccccc2-c2ccccc21)C(=O)NC(CC)CC(=O)O. The lowest BCUT2D eigenvalue weighted by Gasteiger charge is -2.24. The zero-order valence-corrected chi connectivity index (χ0v) is 20.0. The normalized spacial score (nSPS) is 14.9. The van der Waals surface area contributed by atoms with E-state index in [1.807, 2.05) is 57.2 Å². The highest BCUT2D eigenvalue weighted by atomic mass is 16.5. The molecule has 0 saturated heterocycles. The maximum absolute atomic E-state index is 12.9. The van der Waals surface area contributed by atoms with Gasteiger partial charge >= 0.3 is 12.1 Å². The second-order valence-corrected chi connectivity index (χ2v) is 8.98. The summed E-state index contributed by atoms with van der Waals surface area (Å²) in [5, 5.41) is 14.5. The van der Waals surface area contributed by atoms with Crippen LogP contribution in [0, 0.1) is 5.92 Å². The Morgan fingerprint density at radius 1 is 0.941 bits per heavy atom. The molecule has 3 N–H and O–H groups in total. The quantitative estimate of drug-likeness (QED) is 0.445. The van der Waals surface area contributed by atoms with E-state index in [2.05, 4.69) is 22.8 Å². The summed E-state index contributed by atoms with van der Waals surface area (Å²) in [7, 11) is 0. The van der Waals surface area contributed by atoms with Crippen LogP contribution in [0.4, 0.5) is 4.79 Å². The minimum atomic E-state index is -0.977. The fourth-order valence-corrected chi connectivity index (χ4v) is 4.39. The van der Waals surface area contributed by atoms with Crippen molar-refractivity contribution in [3.63, 3.8) is 0 Å². The minimum Gasteiger partial charge on any atom is -0.481 e. The Morgan fingerprint density at radius 2 is 1.53 bits per heavy atom. The highest BCUT2D eigenvalue weighted by Crippen LogP contribution is 2.44. The van der Waals surface area contributed by atoms with E-state index in [-0.39, 0.29) is 30.8 Å². The van der Waals surface area contributed by atoms with Crippen molar-refractivity contribution in [2.24, 2.45) is 5.92 Å². The maximum Gasteiger partial charge on any atom is 0.407 e. The standard InChI is InChI=1S/C27H34N2O5/c1-4-17(3)14-24(26(32)28-18(5-2)15-25(30)31)29-27(33)34-16-23-21-12-8-6-10-19(21)20-11-7-9-13-22(20)23/h6-13,17-18,23-24H,4-5,14-16H2,1-3H3,(H,28,32)(H,29,33)(H,30,31). The Balaban J connectivity index is 1.66. The molecule has 1 aliphatic rings. The Hall–Kier alpha value is -3.35. The molecule has 2 aromatic rings. The Bertz CT molecular complexity index is 976. The summed E-state index contributed by atoms with van der Waals surface area (Å²) in [5.74, 6) is -1.23. The smallest absolute Gasteiger partial charge is 0.407 e. The molecule has 0 aromatic heterocycles. The monoisotopic (exact) mass is 466 g/mol. The van der Waals surface area contributed by atoms with E-state index in [1.165, 1.54) is 0 Å². The van der Waals surface area contributed by atoms with Crippen molar-refractivity contribution >= 4 is 18.0 Å². The third-order valence-corrected chi connectivity index (χ3v) is 6.55. The van der Waals surface area contributed by atoms with Crippen LogP contribution in [0.15, 0.2) is 48.5 Å². The predicted molar refractivity (Wildman–Crippen MR) is 131 cm³/mol. The lowest BCUT2D eigenvalue weighted by Crippen LogP contribution is -2.50. The van der Waals surface area contributed by atoms with Gasteiger partial charge in [-0.05, 0) is 41.0 Å². The maximum atomic E-state index is 12.9. The Labute approximate surface area is 200 Å². The first-order chi connectivity index (χ1) is 16.3. The van der Waals surface area contributed by atoms with Gasteiger partial charge in [-0.3, -0.25) is 9.59 Å². The molecule has 0 heterocycles. The average Bonchev–Trinajstić information content (AvgIpc) is 3.15. The molecule has 2 aromatic carbocycles. The van der Waals surface area contributed by atoms with Gasteiger partial charge in [-0.25, -0.2) is 4.79 Å². The molecule has 2 amide bonds. The molecule has 0 spiro atoms. The summed E-state index contributed by atoms with van der Waals surface area (Å²) in [6, 6.07) is 14.9. The zero-order valence-electron chi connectivity index (χ0n) is 20.0. The lowest BCUT2D eigenvalue weighted by molar-refractivity contribution is -0.137. The van der Waals surface area contributed by atoms with Crippen molar-refractivity contribution in [1.82, 2.24) is 10.6 Å². The van der Waals surface area contributed by atoms with Gasteiger partial charge in [0.05, 0.1) is 6.42 Å². The summed E-state index contributed by atoms with van der Waals surface area (Å²) < 4.78 is 5.61. The second-order valence-electron chi connectivity index (χ2n) is 8.98. The molecule has 3 rings (SSSR count). The van der Waals surface area contributed by atoms with E-state index in [9.17, 15) is 14.4 Å². The molecule has 1 aliphatic carbocycles. The number of benzene rings is 2. The van der Waals surface area contributed by atoms with Crippen LogP contribution in [0.1, 0.15) is 63.5 Å². The number of carbonyl (C=O) groups excluding carboxylic acids is 2. The van der Waals surface area contributed by atoms with Crippen molar-refractivity contribution in [1.29, 1.82) is 0 Å². The first-order valence-electron chi connectivity index (χ1n) is 12.0. The van der Waals surface area contributed by atoms with E-state index in [0.717, 1.165) is 28.7 Å². The van der Waals surface area contributed by atoms with Crippen LogP contribution in [0.2, 0.25) is 0 Å². The number of carbonyl (C=O) groups is 3. The Morgan fingerprint density at radius 3 is 2.06 bits per heavy atom. The molecular formula is C27H34N2O5. The van der Waals surface area contributed by atoms with Crippen molar-refractivity contribution in [2.75, 3.05) is 6.61 Å². The molecule has 0 bridgehead atoms. The van der Waals surface area contributed by atoms with E-state index in [4.69, 9.17) is 9.84 Å². The van der Waals surface area contributed by atoms with Crippen LogP contribution in [-0.4, -0.2) is 41.8 Å². The van der Waals surface area contributed by atoms with Crippen molar-refractivity contribution in [3.05, 3.63) is 59.7 Å². The molecule has 182 valence electrons. The summed E-state index contributed by atoms with van der Waals surface area (Å²) in [6.07, 6.45) is 0.956. The van der Waals surface area contributed by atoms with Crippen LogP contribution >= 0.6 is 0 Å². The van der Waals surface area contributed by atoms with Crippen LogP contribution < -0.4 is 10.6 Å². The number of alkyl carbamates (subject to hydrolysis) is 1. The second kappa shape index (κ2) is 11.7. The highest BCUT2D eigenvalue weighted by molar-refractivity contribution is 5.86. The summed E-state index contributed by atoms with van der Waals surface area (Å²) >= 11 is 0. The van der Waals surface area contributed by atoms with Crippen LogP contribution in [0.3, 0.4) is 0 Å². The van der Waals surface area contributed by atoms with Gasteiger partial charge < -0.3 is 20.5 Å². The number of hydrogen-bond acceptors (Lipinski definition) is 4. The summed E-state index contributed by atoms with van der Waals surface area (Å²) in [6.45, 7) is 6.01. The fourth-order valence-electron chi connectivity index (χ4n) is 4.39. The molecule has 0 radical (unpaired) electrons. The summed E-state index contributed by atoms with van der Waals surface area (Å²) in [4.78, 5) is 36.7. The van der Waals surface area contributed by atoms with Crippen molar-refractivity contribution < 1.29 is 24.2 Å². The molecule has 0 saturated carbocycles. The topological polar surface area (TPSA) is 105 Å². The van der Waals surface area contributed by atoms with E-state index in [1.54, 1.807) is 0 Å². The largest absolute Gasteiger partial charge is 0.481 e. The van der Waals surface area contributed by atoms with Gasteiger partial charge in [0.25, 0.3) is 0 Å². The van der Waals surface area contributed by atoms with Crippen LogP contribution in [-0.2, 0) is 14.3 Å². The van der Waals surface area contributed by atoms with Crippen LogP contribution in [0.5, 0.6) is 0 Å². The van der Waals surface area contributed by atoms with Crippen molar-refractivity contribution in [2.45, 2.75) is 64.5 Å². The predicted octanol–water partition coefficient (Wildman–Crippen LogP) is 4.70. The van der Waals surface area contributed by atoms with Gasteiger partial charge in [0.15, 0.2) is 0 Å². The molecule has 3 atom stereocenters. The number of carboxylic acids is 1. The number of hydrogen-bond donors (Lipinski definition) is 3. The fraction of sp³-hybridized carbons (Fsp3) is 0.444. The number of amides is 2. The molecule has 3 unspecified atom stereocenters. The first kappa shape index (κ1) is 25.3. The number of aliphatic carboxylic acids is 1. The van der Waals surface area contributed by atoms with Gasteiger partial charge in [-0.1, -0.05) is 75.7 Å². The van der Waals surface area contributed by atoms with Gasteiger partial charge in [0, 0.05) is 12.0 Å². The molecule has 0 fully saturated rings. The molecule has 7 nitrogen and oxygen atoms in total. The zero-order chi connectivity index (χ0) is 24.7. The van der Waals surface area contributed by atoms with Gasteiger partial charge in [-0.15, -0.1) is 0 Å². The van der Waals surface area contributed by atoms with Gasteiger partial charge in [0.1, 0.15) is 12.6 Å². The van der Waals surface area contributed by atoms with E-state index >= 15 is 0 Å². The molecular weight excluding hydrogens is 432 g/mol. The molecule has 34 heavy (non-hydrogen) atoms. The number of rotatable bonds is 11. The number of nitrogens with one attached hydrogen (secondary N) is 2. The van der Waals surface area contributed by atoms with E-state index < -0.39 is 24.1 Å². The lowest BCUT2D eigenvalue weighted by atomic mass is 9.98.